The Labute approximate surface area is 95.1 Å². The number of aromatic nitrogens is 1. The highest BCUT2D eigenvalue weighted by Gasteiger charge is 2.40. The number of Topliss-reactive ketones (excluding diaryl/α,β-unsaturated/α-hetero) is 1. The van der Waals surface area contributed by atoms with Crippen LogP contribution in [0.4, 0.5) is 13.2 Å². The third kappa shape index (κ3) is 2.38. The number of nitrogens with one attached hydrogen (secondary N) is 1. The van der Waals surface area contributed by atoms with Crippen molar-refractivity contribution in [3.05, 3.63) is 48.2 Å². The summed E-state index contributed by atoms with van der Waals surface area (Å²) in [6, 6.07) is 11.4. The van der Waals surface area contributed by atoms with Gasteiger partial charge in [-0.1, -0.05) is 30.3 Å². The van der Waals surface area contributed by atoms with Crippen LogP contribution in [0.2, 0.25) is 0 Å². The molecule has 0 saturated heterocycles. The molecule has 88 valence electrons. The fourth-order valence-electron chi connectivity index (χ4n) is 1.47. The predicted octanol–water partition coefficient (Wildman–Crippen LogP) is 3.43. The van der Waals surface area contributed by atoms with Crippen LogP contribution >= 0.6 is 0 Å². The second kappa shape index (κ2) is 4.08. The van der Waals surface area contributed by atoms with E-state index in [1.54, 1.807) is 30.3 Å². The minimum absolute atomic E-state index is 0.448. The molecule has 5 heteroatoms. The van der Waals surface area contributed by atoms with Crippen molar-refractivity contribution in [1.82, 2.24) is 4.98 Å². The van der Waals surface area contributed by atoms with Gasteiger partial charge in [-0.15, -0.1) is 0 Å². The van der Waals surface area contributed by atoms with Gasteiger partial charge in [-0.3, -0.25) is 4.79 Å². The normalized spacial score (nSPS) is 11.5. The molecule has 17 heavy (non-hydrogen) atoms. The maximum Gasteiger partial charge on any atom is 0.456 e. The Morgan fingerprint density at radius 1 is 1.00 bits per heavy atom. The first-order valence-corrected chi connectivity index (χ1v) is 4.84. The second-order valence-electron chi connectivity index (χ2n) is 3.48. The van der Waals surface area contributed by atoms with Crippen LogP contribution in [0.5, 0.6) is 0 Å². The minimum atomic E-state index is -4.85. The molecule has 0 saturated carbocycles. The van der Waals surface area contributed by atoms with Gasteiger partial charge in [-0.05, 0) is 17.7 Å². The van der Waals surface area contributed by atoms with Crippen LogP contribution in [-0.4, -0.2) is 16.9 Å². The highest BCUT2D eigenvalue weighted by molar-refractivity contribution is 5.99. The van der Waals surface area contributed by atoms with Gasteiger partial charge in [0.15, 0.2) is 0 Å². The largest absolute Gasteiger partial charge is 0.456 e. The van der Waals surface area contributed by atoms with E-state index in [4.69, 9.17) is 0 Å². The molecule has 0 aliphatic rings. The van der Waals surface area contributed by atoms with Crippen molar-refractivity contribution in [3.8, 4) is 11.3 Å². The number of rotatable bonds is 2. The molecule has 0 atom stereocenters. The van der Waals surface area contributed by atoms with E-state index in [1.165, 1.54) is 6.07 Å². The van der Waals surface area contributed by atoms with Crippen molar-refractivity contribution in [2.75, 3.05) is 0 Å². The first-order chi connectivity index (χ1) is 7.98. The van der Waals surface area contributed by atoms with Crippen LogP contribution in [0.15, 0.2) is 42.5 Å². The third-order valence-electron chi connectivity index (χ3n) is 2.27. The molecule has 0 unspecified atom stereocenters. The fourth-order valence-corrected chi connectivity index (χ4v) is 1.47. The highest BCUT2D eigenvalue weighted by Crippen LogP contribution is 2.24. The van der Waals surface area contributed by atoms with Crippen LogP contribution in [0.25, 0.3) is 11.3 Å². The molecule has 0 aliphatic heterocycles. The number of hydrogen-bond donors (Lipinski definition) is 1. The molecular formula is C12H8F3NO. The van der Waals surface area contributed by atoms with Crippen molar-refractivity contribution in [1.29, 1.82) is 0 Å². The number of benzene rings is 1. The Morgan fingerprint density at radius 2 is 1.65 bits per heavy atom. The number of carbonyl (C=O) groups is 1. The van der Waals surface area contributed by atoms with Gasteiger partial charge in [0.1, 0.15) is 0 Å². The van der Waals surface area contributed by atoms with E-state index in [9.17, 15) is 18.0 Å². The van der Waals surface area contributed by atoms with E-state index < -0.39 is 17.7 Å². The van der Waals surface area contributed by atoms with E-state index >= 15 is 0 Å². The summed E-state index contributed by atoms with van der Waals surface area (Å²) in [5.74, 6) is -1.86. The first-order valence-electron chi connectivity index (χ1n) is 4.84. The lowest BCUT2D eigenvalue weighted by Gasteiger charge is -2.02. The molecule has 1 N–H and O–H groups in total. The van der Waals surface area contributed by atoms with Crippen molar-refractivity contribution >= 4 is 5.78 Å². The number of H-pyrrole nitrogens is 1. The molecule has 0 aliphatic carbocycles. The van der Waals surface area contributed by atoms with Gasteiger partial charge in [0.05, 0.1) is 5.69 Å². The third-order valence-corrected chi connectivity index (χ3v) is 2.27. The lowest BCUT2D eigenvalue weighted by Crippen LogP contribution is -2.22. The maximum absolute atomic E-state index is 12.2. The molecule has 0 spiro atoms. The van der Waals surface area contributed by atoms with Crippen LogP contribution in [0.3, 0.4) is 0 Å². The van der Waals surface area contributed by atoms with Gasteiger partial charge < -0.3 is 4.98 Å². The summed E-state index contributed by atoms with van der Waals surface area (Å²) in [5, 5.41) is 0. The average molecular weight is 239 g/mol. The van der Waals surface area contributed by atoms with Crippen molar-refractivity contribution < 1.29 is 18.0 Å². The number of hydrogen-bond acceptors (Lipinski definition) is 1. The number of ketones is 1. The van der Waals surface area contributed by atoms with E-state index in [1.807, 2.05) is 0 Å². The number of alkyl halides is 3. The maximum atomic E-state index is 12.2. The smallest absolute Gasteiger partial charge is 0.352 e. The summed E-state index contributed by atoms with van der Waals surface area (Å²) in [5.41, 5.74) is 0.767. The minimum Gasteiger partial charge on any atom is -0.352 e. The van der Waals surface area contributed by atoms with Gasteiger partial charge in [-0.2, -0.15) is 13.2 Å². The van der Waals surface area contributed by atoms with Crippen molar-refractivity contribution in [2.24, 2.45) is 0 Å². The van der Waals surface area contributed by atoms with Gasteiger partial charge in [0.2, 0.25) is 0 Å². The average Bonchev–Trinajstić information content (AvgIpc) is 2.77. The second-order valence-corrected chi connectivity index (χ2v) is 3.48. The molecule has 1 aromatic carbocycles. The SMILES string of the molecule is O=C(c1ccc(-c2ccccc2)[nH]1)C(F)(F)F. The summed E-state index contributed by atoms with van der Waals surface area (Å²) in [7, 11) is 0. The molecular weight excluding hydrogens is 231 g/mol. The zero-order valence-electron chi connectivity index (χ0n) is 8.58. The van der Waals surface area contributed by atoms with Crippen LogP contribution in [0.1, 0.15) is 10.5 Å². The molecule has 2 rings (SSSR count). The standard InChI is InChI=1S/C12H8F3NO/c13-12(14,15)11(17)10-7-6-9(16-10)8-4-2-1-3-5-8/h1-7,16H. The Bertz CT molecular complexity index is 528. The van der Waals surface area contributed by atoms with E-state index in [0.29, 0.717) is 5.69 Å². The zero-order chi connectivity index (χ0) is 12.5. The monoisotopic (exact) mass is 239 g/mol. The Hall–Kier alpha value is -2.04. The topological polar surface area (TPSA) is 32.9 Å². The Kier molecular flexibility index (Phi) is 2.75. The fraction of sp³-hybridized carbons (Fsp3) is 0.0833. The van der Waals surface area contributed by atoms with Gasteiger partial charge in [0.25, 0.3) is 5.78 Å². The zero-order valence-corrected chi connectivity index (χ0v) is 8.58. The number of aromatic amines is 1. The molecule has 2 aromatic rings. The van der Waals surface area contributed by atoms with E-state index in [2.05, 4.69) is 4.98 Å². The molecule has 0 amide bonds. The summed E-state index contributed by atoms with van der Waals surface area (Å²) < 4.78 is 36.5. The molecule has 0 bridgehead atoms. The molecule has 0 radical (unpaired) electrons. The summed E-state index contributed by atoms with van der Waals surface area (Å²) in [4.78, 5) is 13.4. The van der Waals surface area contributed by atoms with E-state index in [0.717, 1.165) is 11.6 Å². The van der Waals surface area contributed by atoms with Gasteiger partial charge in [0, 0.05) is 5.69 Å². The Morgan fingerprint density at radius 3 is 2.24 bits per heavy atom. The predicted molar refractivity (Wildman–Crippen MR) is 56.6 cm³/mol. The quantitative estimate of drug-likeness (QED) is 0.800. The number of halogens is 3. The Balaban J connectivity index is 2.32. The van der Waals surface area contributed by atoms with Crippen molar-refractivity contribution in [2.45, 2.75) is 6.18 Å². The number of carbonyl (C=O) groups excluding carboxylic acids is 1. The first kappa shape index (κ1) is 11.4. The summed E-state index contributed by atoms with van der Waals surface area (Å²) in [6.45, 7) is 0. The summed E-state index contributed by atoms with van der Waals surface area (Å²) in [6.07, 6.45) is -4.85. The van der Waals surface area contributed by atoms with Gasteiger partial charge in [-0.25, -0.2) is 0 Å². The lowest BCUT2D eigenvalue weighted by atomic mass is 10.2. The van der Waals surface area contributed by atoms with Crippen LogP contribution in [0, 0.1) is 0 Å². The molecule has 2 nitrogen and oxygen atoms in total. The van der Waals surface area contributed by atoms with Crippen LogP contribution < -0.4 is 0 Å². The molecule has 1 aromatic heterocycles. The van der Waals surface area contributed by atoms with Gasteiger partial charge >= 0.3 is 6.18 Å². The molecule has 0 fully saturated rings. The summed E-state index contributed by atoms with van der Waals surface area (Å²) >= 11 is 0. The lowest BCUT2D eigenvalue weighted by molar-refractivity contribution is -0.0887. The highest BCUT2D eigenvalue weighted by atomic mass is 19.4. The van der Waals surface area contributed by atoms with Crippen LogP contribution in [-0.2, 0) is 0 Å². The van der Waals surface area contributed by atoms with Crippen molar-refractivity contribution in [3.63, 3.8) is 0 Å². The molecule has 1 heterocycles. The van der Waals surface area contributed by atoms with E-state index in [-0.39, 0.29) is 0 Å².